The first-order chi connectivity index (χ1) is 30.7. The van der Waals surface area contributed by atoms with Gasteiger partial charge in [-0.1, -0.05) is 182 Å². The maximum absolute atomic E-state index is 6.57. The van der Waals surface area contributed by atoms with Crippen LogP contribution in [0.2, 0.25) is 0 Å². The predicted molar refractivity (Wildman–Crippen MR) is 259 cm³/mol. The number of hydrogen-bond donors (Lipinski definition) is 0. The second-order valence-electron chi connectivity index (χ2n) is 15.5. The Morgan fingerprint density at radius 1 is 0.290 bits per heavy atom. The SMILES string of the molecule is c1ccc(-c2ccc(-c3nc4cc(-c5ccc(-c6ccc(N(c7ccccc7)c7ccc(-c8ccccc8)cc7)cc6)c(-c6ccccc6)c5)c5ccccc5c4o3)cc2)cc1. The molecule has 11 aromatic rings. The summed E-state index contributed by atoms with van der Waals surface area (Å²) in [5.74, 6) is 0.612. The molecule has 62 heavy (non-hydrogen) atoms. The Labute approximate surface area is 361 Å². The van der Waals surface area contributed by atoms with Gasteiger partial charge in [0.15, 0.2) is 5.58 Å². The van der Waals surface area contributed by atoms with Gasteiger partial charge in [-0.05, 0) is 122 Å². The Kier molecular flexibility index (Phi) is 9.53. The van der Waals surface area contributed by atoms with Gasteiger partial charge in [-0.3, -0.25) is 0 Å². The summed E-state index contributed by atoms with van der Waals surface area (Å²) in [5, 5.41) is 2.16. The number of hydrogen-bond acceptors (Lipinski definition) is 3. The molecule has 292 valence electrons. The molecule has 0 unspecified atom stereocenters. The van der Waals surface area contributed by atoms with E-state index in [9.17, 15) is 0 Å². The molecule has 0 bridgehead atoms. The van der Waals surface area contributed by atoms with E-state index in [0.29, 0.717) is 5.89 Å². The van der Waals surface area contributed by atoms with Gasteiger partial charge in [0.05, 0.1) is 0 Å². The molecule has 0 aliphatic heterocycles. The summed E-state index contributed by atoms with van der Waals surface area (Å²) in [4.78, 5) is 7.40. The van der Waals surface area contributed by atoms with Crippen molar-refractivity contribution in [1.82, 2.24) is 4.98 Å². The van der Waals surface area contributed by atoms with Crippen LogP contribution < -0.4 is 4.90 Å². The number of rotatable bonds is 9. The van der Waals surface area contributed by atoms with Crippen LogP contribution in [0.15, 0.2) is 247 Å². The van der Waals surface area contributed by atoms with Crippen molar-refractivity contribution in [2.45, 2.75) is 0 Å². The number of aromatic nitrogens is 1. The van der Waals surface area contributed by atoms with Gasteiger partial charge in [-0.2, -0.15) is 0 Å². The molecule has 0 aliphatic carbocycles. The van der Waals surface area contributed by atoms with Crippen molar-refractivity contribution in [3.05, 3.63) is 243 Å². The van der Waals surface area contributed by atoms with Gasteiger partial charge in [0.1, 0.15) is 5.52 Å². The zero-order valence-electron chi connectivity index (χ0n) is 33.9. The number of fused-ring (bicyclic) bond motifs is 3. The minimum Gasteiger partial charge on any atom is -0.435 e. The van der Waals surface area contributed by atoms with Crippen LogP contribution in [0.5, 0.6) is 0 Å². The lowest BCUT2D eigenvalue weighted by atomic mass is 9.89. The highest BCUT2D eigenvalue weighted by Crippen LogP contribution is 2.42. The zero-order chi connectivity index (χ0) is 41.2. The van der Waals surface area contributed by atoms with Crippen molar-refractivity contribution in [1.29, 1.82) is 0 Å². The molecule has 10 aromatic carbocycles. The Hall–Kier alpha value is -8.27. The molecule has 1 aromatic heterocycles. The van der Waals surface area contributed by atoms with Crippen LogP contribution in [0.4, 0.5) is 17.1 Å². The zero-order valence-corrected chi connectivity index (χ0v) is 33.9. The van der Waals surface area contributed by atoms with Crippen molar-refractivity contribution in [2.75, 3.05) is 4.90 Å². The normalized spacial score (nSPS) is 11.2. The summed E-state index contributed by atoms with van der Waals surface area (Å²) in [5.41, 5.74) is 17.5. The second kappa shape index (κ2) is 16.1. The molecular weight excluding hydrogens is 753 g/mol. The lowest BCUT2D eigenvalue weighted by Crippen LogP contribution is -2.09. The molecule has 0 radical (unpaired) electrons. The first-order valence-corrected chi connectivity index (χ1v) is 21.0. The summed E-state index contributed by atoms with van der Waals surface area (Å²) in [6, 6.07) is 86.0. The first kappa shape index (κ1) is 36.8. The van der Waals surface area contributed by atoms with Gasteiger partial charge in [-0.25, -0.2) is 4.98 Å². The molecule has 0 saturated heterocycles. The third-order valence-corrected chi connectivity index (χ3v) is 11.7. The topological polar surface area (TPSA) is 29.3 Å². The van der Waals surface area contributed by atoms with Crippen molar-refractivity contribution in [2.24, 2.45) is 0 Å². The molecule has 0 spiro atoms. The van der Waals surface area contributed by atoms with E-state index in [1.807, 2.05) is 6.07 Å². The van der Waals surface area contributed by atoms with Gasteiger partial charge in [-0.15, -0.1) is 0 Å². The standard InChI is InChI=1S/C59H40N2O/c1-5-15-41(16-6-1)43-25-27-47(28-26-43)59-60-57-40-56(53-23-13-14-24-54(53)58(57)62-59)48-33-38-52(55(39-48)45-19-9-3-10-20-45)46-31-36-51(37-32-46)61(49-21-11-4-12-22-49)50-34-29-44(30-35-50)42-17-7-2-8-18-42/h1-40H. The van der Waals surface area contributed by atoms with E-state index in [2.05, 4.69) is 241 Å². The second-order valence-corrected chi connectivity index (χ2v) is 15.5. The summed E-state index contributed by atoms with van der Waals surface area (Å²) in [6.45, 7) is 0. The monoisotopic (exact) mass is 792 g/mol. The molecule has 11 rings (SSSR count). The van der Waals surface area contributed by atoms with E-state index in [1.54, 1.807) is 0 Å². The molecule has 0 aliphatic rings. The predicted octanol–water partition coefficient (Wildman–Crippen LogP) is 16.5. The Morgan fingerprint density at radius 2 is 0.710 bits per heavy atom. The van der Waals surface area contributed by atoms with E-state index in [4.69, 9.17) is 9.40 Å². The van der Waals surface area contributed by atoms with E-state index in [-0.39, 0.29) is 0 Å². The highest BCUT2D eigenvalue weighted by molar-refractivity contribution is 6.11. The fourth-order valence-electron chi connectivity index (χ4n) is 8.62. The molecule has 3 nitrogen and oxygen atoms in total. The maximum Gasteiger partial charge on any atom is 0.227 e. The minimum atomic E-state index is 0.612. The van der Waals surface area contributed by atoms with Crippen LogP contribution in [-0.2, 0) is 0 Å². The van der Waals surface area contributed by atoms with Crippen LogP contribution in [0, 0.1) is 0 Å². The number of nitrogens with zero attached hydrogens (tertiary/aromatic N) is 2. The Morgan fingerprint density at radius 3 is 1.31 bits per heavy atom. The fourth-order valence-corrected chi connectivity index (χ4v) is 8.62. The van der Waals surface area contributed by atoms with Crippen LogP contribution >= 0.6 is 0 Å². The molecule has 1 heterocycles. The van der Waals surface area contributed by atoms with Crippen molar-refractivity contribution in [3.63, 3.8) is 0 Å². The summed E-state index contributed by atoms with van der Waals surface area (Å²) in [6.07, 6.45) is 0. The third kappa shape index (κ3) is 7.02. The Bertz CT molecular complexity index is 3290. The van der Waals surface area contributed by atoms with Crippen LogP contribution in [0.1, 0.15) is 0 Å². The van der Waals surface area contributed by atoms with Gasteiger partial charge in [0.2, 0.25) is 5.89 Å². The number of anilines is 3. The van der Waals surface area contributed by atoms with Crippen molar-refractivity contribution >= 4 is 38.9 Å². The third-order valence-electron chi connectivity index (χ3n) is 11.7. The average molecular weight is 793 g/mol. The average Bonchev–Trinajstić information content (AvgIpc) is 3.80. The highest BCUT2D eigenvalue weighted by atomic mass is 16.3. The molecule has 3 heteroatoms. The van der Waals surface area contributed by atoms with Gasteiger partial charge < -0.3 is 9.32 Å². The molecular formula is C59H40N2O. The van der Waals surface area contributed by atoms with E-state index < -0.39 is 0 Å². The van der Waals surface area contributed by atoms with Gasteiger partial charge >= 0.3 is 0 Å². The van der Waals surface area contributed by atoms with Gasteiger partial charge in [0.25, 0.3) is 0 Å². The van der Waals surface area contributed by atoms with Crippen molar-refractivity contribution < 1.29 is 4.42 Å². The van der Waals surface area contributed by atoms with Crippen LogP contribution in [0.25, 0.3) is 89.0 Å². The summed E-state index contributed by atoms with van der Waals surface area (Å²) >= 11 is 0. The largest absolute Gasteiger partial charge is 0.435 e. The fraction of sp³-hybridized carbons (Fsp3) is 0. The quantitative estimate of drug-likeness (QED) is 0.146. The van der Waals surface area contributed by atoms with Gasteiger partial charge in [0, 0.05) is 28.0 Å². The lowest BCUT2D eigenvalue weighted by molar-refractivity contribution is 0.623. The number of para-hydroxylation sites is 1. The summed E-state index contributed by atoms with van der Waals surface area (Å²) in [7, 11) is 0. The molecule has 0 atom stereocenters. The maximum atomic E-state index is 6.57. The van der Waals surface area contributed by atoms with E-state index in [0.717, 1.165) is 83.4 Å². The first-order valence-electron chi connectivity index (χ1n) is 21.0. The number of oxazole rings is 1. The Balaban J connectivity index is 0.972. The van der Waals surface area contributed by atoms with Crippen LogP contribution in [0.3, 0.4) is 0 Å². The van der Waals surface area contributed by atoms with Crippen molar-refractivity contribution in [3.8, 4) is 67.1 Å². The van der Waals surface area contributed by atoms with E-state index >= 15 is 0 Å². The lowest BCUT2D eigenvalue weighted by Gasteiger charge is -2.26. The highest BCUT2D eigenvalue weighted by Gasteiger charge is 2.18. The number of benzene rings is 10. The molecule has 0 amide bonds. The summed E-state index contributed by atoms with van der Waals surface area (Å²) < 4.78 is 6.57. The van der Waals surface area contributed by atoms with E-state index in [1.165, 1.54) is 16.7 Å². The molecule has 0 saturated carbocycles. The smallest absolute Gasteiger partial charge is 0.227 e. The molecule has 0 fully saturated rings. The molecule has 0 N–H and O–H groups in total. The van der Waals surface area contributed by atoms with Crippen LogP contribution in [-0.4, -0.2) is 4.98 Å². The minimum absolute atomic E-state index is 0.612.